The van der Waals surface area contributed by atoms with Crippen LogP contribution in [0, 0.1) is 0 Å². The van der Waals surface area contributed by atoms with Crippen LogP contribution >= 0.6 is 0 Å². The van der Waals surface area contributed by atoms with Crippen LogP contribution in [-0.4, -0.2) is 29.8 Å². The van der Waals surface area contributed by atoms with Crippen molar-refractivity contribution in [3.05, 3.63) is 60.2 Å². The van der Waals surface area contributed by atoms with Gasteiger partial charge in [0.25, 0.3) is 0 Å². The maximum Gasteiger partial charge on any atom is 0.118 e. The zero-order chi connectivity index (χ0) is 17.2. The van der Waals surface area contributed by atoms with Crippen molar-refractivity contribution in [3.63, 3.8) is 0 Å². The SMILES string of the molecule is COc1ccc(-c2cc(C(O)C3CCCN3)c3ccccc3n2)cc1. The molecular formula is C21H22N2O2. The van der Waals surface area contributed by atoms with E-state index in [-0.39, 0.29) is 6.04 Å². The van der Waals surface area contributed by atoms with E-state index >= 15 is 0 Å². The summed E-state index contributed by atoms with van der Waals surface area (Å²) >= 11 is 0. The number of benzene rings is 2. The Bertz CT molecular complexity index is 871. The second kappa shape index (κ2) is 6.82. The number of nitrogens with zero attached hydrogens (tertiary/aromatic N) is 1. The molecule has 25 heavy (non-hydrogen) atoms. The molecule has 128 valence electrons. The molecule has 1 fully saturated rings. The zero-order valence-corrected chi connectivity index (χ0v) is 14.3. The summed E-state index contributed by atoms with van der Waals surface area (Å²) in [4.78, 5) is 4.80. The fraction of sp³-hybridized carbons (Fsp3) is 0.286. The zero-order valence-electron chi connectivity index (χ0n) is 14.3. The highest BCUT2D eigenvalue weighted by Gasteiger charge is 2.26. The number of nitrogens with one attached hydrogen (secondary N) is 1. The molecule has 0 radical (unpaired) electrons. The molecule has 4 heteroatoms. The number of aliphatic hydroxyl groups is 1. The number of rotatable bonds is 4. The number of hydrogen-bond acceptors (Lipinski definition) is 4. The molecule has 1 aliphatic heterocycles. The molecule has 4 nitrogen and oxygen atoms in total. The van der Waals surface area contributed by atoms with Gasteiger partial charge >= 0.3 is 0 Å². The molecule has 3 aromatic rings. The largest absolute Gasteiger partial charge is 0.497 e. The van der Waals surface area contributed by atoms with E-state index in [4.69, 9.17) is 9.72 Å². The quantitative estimate of drug-likeness (QED) is 0.764. The number of hydrogen-bond donors (Lipinski definition) is 2. The van der Waals surface area contributed by atoms with Crippen molar-refractivity contribution in [2.45, 2.75) is 25.0 Å². The van der Waals surface area contributed by atoms with Gasteiger partial charge in [0.1, 0.15) is 5.75 Å². The minimum absolute atomic E-state index is 0.106. The molecule has 1 aliphatic rings. The molecule has 0 aliphatic carbocycles. The fourth-order valence-corrected chi connectivity index (χ4v) is 3.55. The number of para-hydroxylation sites is 1. The highest BCUT2D eigenvalue weighted by atomic mass is 16.5. The van der Waals surface area contributed by atoms with E-state index in [1.807, 2.05) is 54.6 Å². The molecule has 0 spiro atoms. The van der Waals surface area contributed by atoms with E-state index in [9.17, 15) is 5.11 Å². The van der Waals surface area contributed by atoms with Crippen molar-refractivity contribution in [1.82, 2.24) is 10.3 Å². The van der Waals surface area contributed by atoms with Crippen molar-refractivity contribution in [2.24, 2.45) is 0 Å². The minimum atomic E-state index is -0.535. The van der Waals surface area contributed by atoms with Crippen molar-refractivity contribution in [2.75, 3.05) is 13.7 Å². The lowest BCUT2D eigenvalue weighted by atomic mass is 9.95. The van der Waals surface area contributed by atoms with Gasteiger partial charge in [-0.2, -0.15) is 0 Å². The summed E-state index contributed by atoms with van der Waals surface area (Å²) < 4.78 is 5.24. The van der Waals surface area contributed by atoms with Crippen molar-refractivity contribution in [3.8, 4) is 17.0 Å². The van der Waals surface area contributed by atoms with Crippen LogP contribution < -0.4 is 10.1 Å². The summed E-state index contributed by atoms with van der Waals surface area (Å²) in [5.74, 6) is 0.819. The summed E-state index contributed by atoms with van der Waals surface area (Å²) in [7, 11) is 1.66. The lowest BCUT2D eigenvalue weighted by Crippen LogP contribution is -2.28. The molecule has 2 aromatic carbocycles. The second-order valence-corrected chi connectivity index (χ2v) is 6.49. The fourth-order valence-electron chi connectivity index (χ4n) is 3.55. The topological polar surface area (TPSA) is 54.4 Å². The van der Waals surface area contributed by atoms with E-state index in [0.717, 1.165) is 52.9 Å². The predicted molar refractivity (Wildman–Crippen MR) is 99.7 cm³/mol. The van der Waals surface area contributed by atoms with Crippen LogP contribution in [-0.2, 0) is 0 Å². The summed E-state index contributed by atoms with van der Waals surface area (Å²) in [5.41, 5.74) is 3.73. The lowest BCUT2D eigenvalue weighted by molar-refractivity contribution is 0.139. The Morgan fingerprint density at radius 2 is 1.96 bits per heavy atom. The molecule has 1 saturated heterocycles. The monoisotopic (exact) mass is 334 g/mol. The van der Waals surface area contributed by atoms with Crippen LogP contribution in [0.25, 0.3) is 22.2 Å². The summed E-state index contributed by atoms with van der Waals surface area (Å²) in [6, 6.07) is 18.0. The Kier molecular flexibility index (Phi) is 4.38. The second-order valence-electron chi connectivity index (χ2n) is 6.49. The van der Waals surface area contributed by atoms with E-state index in [1.54, 1.807) is 7.11 Å². The van der Waals surface area contributed by atoms with E-state index in [0.29, 0.717) is 0 Å². The lowest BCUT2D eigenvalue weighted by Gasteiger charge is -2.21. The smallest absolute Gasteiger partial charge is 0.118 e. The number of methoxy groups -OCH3 is 1. The van der Waals surface area contributed by atoms with E-state index < -0.39 is 6.10 Å². The van der Waals surface area contributed by atoms with Crippen LogP contribution in [0.15, 0.2) is 54.6 Å². The van der Waals surface area contributed by atoms with E-state index in [2.05, 4.69) is 5.32 Å². The molecule has 2 atom stereocenters. The number of fused-ring (bicyclic) bond motifs is 1. The Labute approximate surface area is 147 Å². The third-order valence-corrected chi connectivity index (χ3v) is 4.93. The number of pyridine rings is 1. The van der Waals surface area contributed by atoms with Crippen molar-refractivity contribution >= 4 is 10.9 Å². The molecule has 2 unspecified atom stereocenters. The summed E-state index contributed by atoms with van der Waals surface area (Å²) in [6.45, 7) is 0.968. The minimum Gasteiger partial charge on any atom is -0.497 e. The first-order chi connectivity index (χ1) is 12.3. The Balaban J connectivity index is 1.82. The average Bonchev–Trinajstić information content (AvgIpc) is 3.21. The van der Waals surface area contributed by atoms with Crippen molar-refractivity contribution in [1.29, 1.82) is 0 Å². The third-order valence-electron chi connectivity index (χ3n) is 4.93. The summed E-state index contributed by atoms with van der Waals surface area (Å²) in [6.07, 6.45) is 1.57. The van der Waals surface area contributed by atoms with Gasteiger partial charge in [0.2, 0.25) is 0 Å². The van der Waals surface area contributed by atoms with Gasteiger partial charge < -0.3 is 15.2 Å². The molecule has 2 heterocycles. The molecule has 1 aromatic heterocycles. The number of ether oxygens (including phenoxy) is 1. The van der Waals surface area contributed by atoms with Gasteiger partial charge in [-0.15, -0.1) is 0 Å². The van der Waals surface area contributed by atoms with Gasteiger partial charge in [0.05, 0.1) is 24.4 Å². The maximum absolute atomic E-state index is 11.0. The van der Waals surface area contributed by atoms with Gasteiger partial charge in [-0.25, -0.2) is 4.98 Å². The molecule has 4 rings (SSSR count). The Morgan fingerprint density at radius 3 is 2.68 bits per heavy atom. The highest BCUT2D eigenvalue weighted by Crippen LogP contribution is 2.32. The van der Waals surface area contributed by atoms with Gasteiger partial charge in [-0.1, -0.05) is 18.2 Å². The van der Waals surface area contributed by atoms with Gasteiger partial charge in [-0.3, -0.25) is 0 Å². The van der Waals surface area contributed by atoms with Gasteiger partial charge in [0.15, 0.2) is 0 Å². The first kappa shape index (κ1) is 16.1. The van der Waals surface area contributed by atoms with Gasteiger partial charge in [-0.05, 0) is 61.3 Å². The molecule has 0 amide bonds. The highest BCUT2D eigenvalue weighted by molar-refractivity contribution is 5.85. The molecular weight excluding hydrogens is 312 g/mol. The number of aliphatic hydroxyl groups excluding tert-OH is 1. The Hall–Kier alpha value is -2.43. The molecule has 2 N–H and O–H groups in total. The predicted octanol–water partition coefficient (Wildman–Crippen LogP) is 3.70. The maximum atomic E-state index is 11.0. The van der Waals surface area contributed by atoms with Crippen LogP contribution in [0.4, 0.5) is 0 Å². The van der Waals surface area contributed by atoms with E-state index in [1.165, 1.54) is 0 Å². The number of aromatic nitrogens is 1. The average molecular weight is 334 g/mol. The van der Waals surface area contributed by atoms with Gasteiger partial charge in [0, 0.05) is 17.0 Å². The molecule has 0 bridgehead atoms. The molecule has 0 saturated carbocycles. The van der Waals surface area contributed by atoms with Crippen molar-refractivity contribution < 1.29 is 9.84 Å². The van der Waals surface area contributed by atoms with Crippen LogP contribution in [0.1, 0.15) is 24.5 Å². The first-order valence-corrected chi connectivity index (χ1v) is 8.72. The third kappa shape index (κ3) is 3.11. The normalized spacial score (nSPS) is 18.4. The van der Waals surface area contributed by atoms with Crippen LogP contribution in [0.3, 0.4) is 0 Å². The van der Waals surface area contributed by atoms with Crippen LogP contribution in [0.5, 0.6) is 5.75 Å². The van der Waals surface area contributed by atoms with Crippen LogP contribution in [0.2, 0.25) is 0 Å². The Morgan fingerprint density at radius 1 is 1.16 bits per heavy atom. The standard InChI is InChI=1S/C21H22N2O2/c1-25-15-10-8-14(9-11-15)20-13-17(21(24)19-7-4-12-22-19)16-5-2-3-6-18(16)23-20/h2-3,5-6,8-11,13,19,21-22,24H,4,7,12H2,1H3. The first-order valence-electron chi connectivity index (χ1n) is 8.72. The summed E-state index contributed by atoms with van der Waals surface area (Å²) in [5, 5.41) is 15.4.